The second kappa shape index (κ2) is 9.79. The first kappa shape index (κ1) is 22.4. The van der Waals surface area contributed by atoms with Crippen molar-refractivity contribution in [2.45, 2.75) is 19.8 Å². The molecular formula is C26H24ClN3O3. The third-order valence-corrected chi connectivity index (χ3v) is 5.67. The number of benzene rings is 3. The second-order valence-corrected chi connectivity index (χ2v) is 8.08. The summed E-state index contributed by atoms with van der Waals surface area (Å²) in [5.41, 5.74) is 5.22. The number of aryl methyl sites for hydroxylation is 1. The van der Waals surface area contributed by atoms with E-state index >= 15 is 0 Å². The van der Waals surface area contributed by atoms with E-state index in [0.717, 1.165) is 33.5 Å². The van der Waals surface area contributed by atoms with Crippen LogP contribution in [0.5, 0.6) is 5.75 Å². The summed E-state index contributed by atoms with van der Waals surface area (Å²) >= 11 is 6.21. The van der Waals surface area contributed by atoms with E-state index in [4.69, 9.17) is 16.3 Å². The predicted molar refractivity (Wildman–Crippen MR) is 133 cm³/mol. The Morgan fingerprint density at radius 1 is 1.00 bits per heavy atom. The zero-order valence-electron chi connectivity index (χ0n) is 18.4. The average Bonchev–Trinajstić information content (AvgIpc) is 3.18. The monoisotopic (exact) mass is 461 g/mol. The maximum absolute atomic E-state index is 12.7. The number of aromatic amines is 1. The van der Waals surface area contributed by atoms with Gasteiger partial charge in [-0.15, -0.1) is 0 Å². The topological polar surface area (TPSA) is 83.2 Å². The molecule has 0 fully saturated rings. The second-order valence-electron chi connectivity index (χ2n) is 7.68. The number of halogens is 1. The van der Waals surface area contributed by atoms with E-state index < -0.39 is 0 Å². The van der Waals surface area contributed by atoms with Crippen molar-refractivity contribution in [1.82, 2.24) is 4.98 Å². The van der Waals surface area contributed by atoms with Crippen LogP contribution in [-0.4, -0.2) is 23.9 Å². The molecule has 0 aliphatic carbocycles. The number of aromatic nitrogens is 1. The number of hydrogen-bond acceptors (Lipinski definition) is 3. The highest BCUT2D eigenvalue weighted by molar-refractivity contribution is 6.34. The fourth-order valence-corrected chi connectivity index (χ4v) is 4.04. The smallest absolute Gasteiger partial charge is 0.224 e. The summed E-state index contributed by atoms with van der Waals surface area (Å²) in [5.74, 6) is 0.461. The molecule has 3 N–H and O–H groups in total. The van der Waals surface area contributed by atoms with Gasteiger partial charge < -0.3 is 20.4 Å². The number of hydrogen-bond donors (Lipinski definition) is 3. The third kappa shape index (κ3) is 5.18. The van der Waals surface area contributed by atoms with Crippen molar-refractivity contribution >= 4 is 45.7 Å². The fraction of sp³-hybridized carbons (Fsp3) is 0.154. The van der Waals surface area contributed by atoms with E-state index in [-0.39, 0.29) is 11.8 Å². The number of H-pyrrole nitrogens is 1. The predicted octanol–water partition coefficient (Wildman–Crippen LogP) is 6.03. The van der Waals surface area contributed by atoms with Crippen LogP contribution in [0.25, 0.3) is 22.2 Å². The van der Waals surface area contributed by atoms with Gasteiger partial charge in [0.1, 0.15) is 5.75 Å². The lowest BCUT2D eigenvalue weighted by atomic mass is 10.0. The van der Waals surface area contributed by atoms with Crippen LogP contribution in [0.3, 0.4) is 0 Å². The van der Waals surface area contributed by atoms with Gasteiger partial charge in [-0.1, -0.05) is 29.8 Å². The van der Waals surface area contributed by atoms with Crippen LogP contribution in [0.15, 0.2) is 66.7 Å². The lowest BCUT2D eigenvalue weighted by Gasteiger charge is -2.10. The third-order valence-electron chi connectivity index (χ3n) is 5.36. The summed E-state index contributed by atoms with van der Waals surface area (Å²) in [4.78, 5) is 27.4. The van der Waals surface area contributed by atoms with Gasteiger partial charge in [0.25, 0.3) is 0 Å². The molecule has 0 aliphatic rings. The molecule has 1 aromatic heterocycles. The van der Waals surface area contributed by atoms with Gasteiger partial charge in [-0.05, 0) is 66.1 Å². The zero-order chi connectivity index (χ0) is 23.4. The minimum atomic E-state index is -0.208. The maximum Gasteiger partial charge on any atom is 0.224 e. The molecule has 0 saturated heterocycles. The van der Waals surface area contributed by atoms with E-state index in [0.29, 0.717) is 29.2 Å². The summed E-state index contributed by atoms with van der Waals surface area (Å²) in [6, 6.07) is 20.9. The van der Waals surface area contributed by atoms with Crippen molar-refractivity contribution in [3.8, 4) is 17.0 Å². The van der Waals surface area contributed by atoms with Crippen molar-refractivity contribution in [1.29, 1.82) is 0 Å². The molecule has 0 bridgehead atoms. The molecule has 4 rings (SSSR count). The summed E-state index contributed by atoms with van der Waals surface area (Å²) in [6.07, 6.45) is 0.866. The molecule has 168 valence electrons. The minimum absolute atomic E-state index is 0.121. The number of rotatable bonds is 7. The minimum Gasteiger partial charge on any atom is -0.497 e. The molecule has 6 nitrogen and oxygen atoms in total. The van der Waals surface area contributed by atoms with Gasteiger partial charge >= 0.3 is 0 Å². The number of anilines is 2. The van der Waals surface area contributed by atoms with Crippen LogP contribution in [0.1, 0.15) is 18.9 Å². The van der Waals surface area contributed by atoms with Crippen LogP contribution >= 0.6 is 11.6 Å². The number of ether oxygens (including phenoxy) is 1. The lowest BCUT2D eigenvalue weighted by molar-refractivity contribution is -0.116. The van der Waals surface area contributed by atoms with E-state index in [9.17, 15) is 9.59 Å². The summed E-state index contributed by atoms with van der Waals surface area (Å²) in [5, 5.41) is 6.99. The molecule has 0 radical (unpaired) electrons. The van der Waals surface area contributed by atoms with Crippen LogP contribution in [0.2, 0.25) is 5.02 Å². The average molecular weight is 462 g/mol. The molecule has 3 aromatic carbocycles. The summed E-state index contributed by atoms with van der Waals surface area (Å²) in [7, 11) is 1.64. The Morgan fingerprint density at radius 2 is 1.76 bits per heavy atom. The molecule has 2 amide bonds. The van der Waals surface area contributed by atoms with Gasteiger partial charge in [0.2, 0.25) is 11.8 Å². The number of fused-ring (bicyclic) bond motifs is 1. The van der Waals surface area contributed by atoms with Crippen molar-refractivity contribution in [3.05, 3.63) is 77.3 Å². The largest absolute Gasteiger partial charge is 0.497 e. The number of para-hydroxylation sites is 1. The number of carbonyl (C=O) groups is 2. The van der Waals surface area contributed by atoms with Crippen molar-refractivity contribution < 1.29 is 14.3 Å². The highest BCUT2D eigenvalue weighted by atomic mass is 35.5. The Labute approximate surface area is 196 Å². The molecule has 0 spiro atoms. The first-order chi connectivity index (χ1) is 15.9. The summed E-state index contributed by atoms with van der Waals surface area (Å²) < 4.78 is 5.27. The first-order valence-corrected chi connectivity index (χ1v) is 10.9. The van der Waals surface area contributed by atoms with Crippen molar-refractivity contribution in [3.63, 3.8) is 0 Å². The van der Waals surface area contributed by atoms with E-state index in [1.807, 2.05) is 42.5 Å². The Hall–Kier alpha value is -3.77. The van der Waals surface area contributed by atoms with Gasteiger partial charge in [-0.25, -0.2) is 0 Å². The van der Waals surface area contributed by atoms with E-state index in [1.165, 1.54) is 6.92 Å². The zero-order valence-corrected chi connectivity index (χ0v) is 19.1. The maximum atomic E-state index is 12.7. The first-order valence-electron chi connectivity index (χ1n) is 10.6. The molecule has 1 heterocycles. The molecule has 0 atom stereocenters. The normalized spacial score (nSPS) is 10.8. The SMILES string of the molecule is COc1ccc(-c2[nH]c3ccccc3c2CCC(=O)Nc2ccc(NC(C)=O)c(Cl)c2)cc1. The van der Waals surface area contributed by atoms with Crippen LogP contribution in [0, 0.1) is 0 Å². The molecule has 4 aromatic rings. The quantitative estimate of drug-likeness (QED) is 0.314. The number of amides is 2. The molecule has 7 heteroatoms. The van der Waals surface area contributed by atoms with Gasteiger partial charge in [0.15, 0.2) is 0 Å². The number of methoxy groups -OCH3 is 1. The molecule has 0 saturated carbocycles. The Kier molecular flexibility index (Phi) is 6.66. The standard InChI is InChI=1S/C26H24ClN3O3/c1-16(31)28-24-13-9-18(15-22(24)27)29-25(32)14-12-21-20-5-3-4-6-23(20)30-26(21)17-7-10-19(33-2)11-8-17/h3-11,13,15,30H,12,14H2,1-2H3,(H,28,31)(H,29,32). The van der Waals surface area contributed by atoms with Crippen LogP contribution in [-0.2, 0) is 16.0 Å². The Bertz CT molecular complexity index is 1310. The molecule has 0 aliphatic heterocycles. The highest BCUT2D eigenvalue weighted by Crippen LogP contribution is 2.32. The van der Waals surface area contributed by atoms with Gasteiger partial charge in [0, 0.05) is 35.6 Å². The Morgan fingerprint density at radius 3 is 2.45 bits per heavy atom. The molecule has 33 heavy (non-hydrogen) atoms. The van der Waals surface area contributed by atoms with Crippen LogP contribution in [0.4, 0.5) is 11.4 Å². The number of nitrogens with one attached hydrogen (secondary N) is 3. The fourth-order valence-electron chi connectivity index (χ4n) is 3.81. The van der Waals surface area contributed by atoms with Crippen molar-refractivity contribution in [2.24, 2.45) is 0 Å². The van der Waals surface area contributed by atoms with E-state index in [1.54, 1.807) is 25.3 Å². The highest BCUT2D eigenvalue weighted by Gasteiger charge is 2.15. The summed E-state index contributed by atoms with van der Waals surface area (Å²) in [6.45, 7) is 1.41. The number of carbonyl (C=O) groups excluding carboxylic acids is 2. The lowest BCUT2D eigenvalue weighted by Crippen LogP contribution is -2.13. The van der Waals surface area contributed by atoms with Gasteiger partial charge in [-0.3, -0.25) is 9.59 Å². The van der Waals surface area contributed by atoms with Gasteiger partial charge in [0.05, 0.1) is 17.8 Å². The van der Waals surface area contributed by atoms with Crippen molar-refractivity contribution in [2.75, 3.05) is 17.7 Å². The molecule has 0 unspecified atom stereocenters. The Balaban J connectivity index is 1.52. The molecular weight excluding hydrogens is 438 g/mol. The van der Waals surface area contributed by atoms with Crippen LogP contribution < -0.4 is 15.4 Å². The van der Waals surface area contributed by atoms with E-state index in [2.05, 4.69) is 21.7 Å². The van der Waals surface area contributed by atoms with Gasteiger partial charge in [-0.2, -0.15) is 0 Å².